The van der Waals surface area contributed by atoms with Crippen LogP contribution in [0.25, 0.3) is 0 Å². The van der Waals surface area contributed by atoms with Gasteiger partial charge in [-0.25, -0.2) is 13.6 Å². The minimum absolute atomic E-state index is 0.0118. The summed E-state index contributed by atoms with van der Waals surface area (Å²) in [5.41, 5.74) is -0.255. The zero-order valence-electron chi connectivity index (χ0n) is 11.3. The fraction of sp³-hybridized carbons (Fsp3) is 0.500. The van der Waals surface area contributed by atoms with Gasteiger partial charge in [0.25, 0.3) is 0 Å². The van der Waals surface area contributed by atoms with Crippen LogP contribution in [0.4, 0.5) is 13.2 Å². The van der Waals surface area contributed by atoms with Crippen LogP contribution in [0.1, 0.15) is 26.3 Å². The summed E-state index contributed by atoms with van der Waals surface area (Å²) < 4.78 is 63.9. The second kappa shape index (κ2) is 5.25. The van der Waals surface area contributed by atoms with Gasteiger partial charge in [0.15, 0.2) is 6.61 Å². The number of benzene rings is 1. The normalized spacial score (nSPS) is 13.3. The highest BCUT2D eigenvalue weighted by molar-refractivity contribution is 7.89. The van der Waals surface area contributed by atoms with Crippen LogP contribution in [0.5, 0.6) is 5.75 Å². The summed E-state index contributed by atoms with van der Waals surface area (Å²) in [6.07, 6.45) is -4.46. The van der Waals surface area contributed by atoms with Gasteiger partial charge in [0.1, 0.15) is 5.75 Å². The summed E-state index contributed by atoms with van der Waals surface area (Å²) in [4.78, 5) is -0.165. The Kier molecular flexibility index (Phi) is 4.40. The van der Waals surface area contributed by atoms with E-state index in [4.69, 9.17) is 9.88 Å². The lowest BCUT2D eigenvalue weighted by Gasteiger charge is -2.23. The molecule has 114 valence electrons. The van der Waals surface area contributed by atoms with Crippen molar-refractivity contribution in [3.63, 3.8) is 0 Å². The Morgan fingerprint density at radius 1 is 1.20 bits per heavy atom. The molecule has 20 heavy (non-hydrogen) atoms. The Balaban J connectivity index is 3.25. The summed E-state index contributed by atoms with van der Waals surface area (Å²) in [5, 5.41) is 5.01. The first-order valence-corrected chi connectivity index (χ1v) is 7.22. The molecule has 0 saturated heterocycles. The molecule has 0 amide bonds. The van der Waals surface area contributed by atoms with Crippen LogP contribution < -0.4 is 9.88 Å². The number of alkyl halides is 3. The van der Waals surface area contributed by atoms with Crippen molar-refractivity contribution in [3.05, 3.63) is 23.8 Å². The van der Waals surface area contributed by atoms with Crippen LogP contribution in [0.2, 0.25) is 0 Å². The van der Waals surface area contributed by atoms with Crippen molar-refractivity contribution >= 4 is 10.0 Å². The lowest BCUT2D eigenvalue weighted by Crippen LogP contribution is -2.22. The van der Waals surface area contributed by atoms with E-state index >= 15 is 0 Å². The minimum Gasteiger partial charge on any atom is -0.484 e. The molecule has 1 aromatic rings. The predicted molar refractivity (Wildman–Crippen MR) is 68.1 cm³/mol. The largest absolute Gasteiger partial charge is 0.484 e. The summed E-state index contributed by atoms with van der Waals surface area (Å²) in [6, 6.07) is 3.55. The molecule has 0 heterocycles. The number of nitrogens with two attached hydrogens (primary N) is 1. The van der Waals surface area contributed by atoms with Gasteiger partial charge in [-0.1, -0.05) is 20.8 Å². The molecule has 8 heteroatoms. The van der Waals surface area contributed by atoms with E-state index in [9.17, 15) is 21.6 Å². The van der Waals surface area contributed by atoms with Crippen LogP contribution in [-0.4, -0.2) is 21.2 Å². The Morgan fingerprint density at radius 3 is 2.15 bits per heavy atom. The highest BCUT2D eigenvalue weighted by Gasteiger charge is 2.30. The van der Waals surface area contributed by atoms with E-state index in [1.165, 1.54) is 12.1 Å². The second-order valence-electron chi connectivity index (χ2n) is 5.36. The van der Waals surface area contributed by atoms with Crippen molar-refractivity contribution in [2.45, 2.75) is 37.3 Å². The molecule has 0 radical (unpaired) electrons. The monoisotopic (exact) mass is 311 g/mol. The van der Waals surface area contributed by atoms with Crippen LogP contribution >= 0.6 is 0 Å². The van der Waals surface area contributed by atoms with Gasteiger partial charge in [-0.15, -0.1) is 0 Å². The Hall–Kier alpha value is -1.28. The molecule has 0 aliphatic carbocycles. The number of sulfonamides is 1. The molecule has 1 aromatic carbocycles. The van der Waals surface area contributed by atoms with Crippen molar-refractivity contribution in [2.75, 3.05) is 6.61 Å². The molecule has 0 saturated carbocycles. The summed E-state index contributed by atoms with van der Waals surface area (Å²) in [5.74, 6) is -0.0118. The first-order valence-electron chi connectivity index (χ1n) is 5.67. The fourth-order valence-electron chi connectivity index (χ4n) is 1.56. The van der Waals surface area contributed by atoms with E-state index in [0.29, 0.717) is 5.56 Å². The molecule has 0 fully saturated rings. The Morgan fingerprint density at radius 2 is 1.75 bits per heavy atom. The molecule has 0 spiro atoms. The summed E-state index contributed by atoms with van der Waals surface area (Å²) in [6.45, 7) is 3.76. The maximum atomic E-state index is 12.2. The molecular formula is C12H16F3NO3S. The minimum atomic E-state index is -4.46. The van der Waals surface area contributed by atoms with Crippen LogP contribution in [0, 0.1) is 0 Å². The van der Waals surface area contributed by atoms with E-state index in [1.807, 2.05) is 0 Å². The number of halogens is 3. The zero-order valence-corrected chi connectivity index (χ0v) is 12.1. The maximum Gasteiger partial charge on any atom is 0.422 e. The van der Waals surface area contributed by atoms with E-state index in [1.54, 1.807) is 20.8 Å². The van der Waals surface area contributed by atoms with Crippen molar-refractivity contribution in [1.29, 1.82) is 0 Å². The van der Waals surface area contributed by atoms with Gasteiger partial charge in [0.2, 0.25) is 10.0 Å². The Labute approximate surface area is 115 Å². The molecule has 1 rings (SSSR count). The number of rotatable bonds is 3. The van der Waals surface area contributed by atoms with Gasteiger partial charge in [-0.2, -0.15) is 13.2 Å². The van der Waals surface area contributed by atoms with Gasteiger partial charge < -0.3 is 4.74 Å². The number of hydrogen-bond donors (Lipinski definition) is 1. The lowest BCUT2D eigenvalue weighted by atomic mass is 9.86. The SMILES string of the molecule is CC(C)(C)c1cc(S(N)(=O)=O)ccc1OCC(F)(F)F. The third-order valence-corrected chi connectivity index (χ3v) is 3.39. The maximum absolute atomic E-state index is 12.2. The molecule has 4 nitrogen and oxygen atoms in total. The summed E-state index contributed by atoms with van der Waals surface area (Å²) in [7, 11) is -3.92. The molecule has 0 atom stereocenters. The highest BCUT2D eigenvalue weighted by Crippen LogP contribution is 2.34. The van der Waals surface area contributed by atoms with E-state index in [-0.39, 0.29) is 10.6 Å². The standard InChI is InChI=1S/C12H16F3NO3S/c1-11(2,3)9-6-8(20(16,17)18)4-5-10(9)19-7-12(13,14)15/h4-6H,7H2,1-3H3,(H2,16,17,18). The topological polar surface area (TPSA) is 69.4 Å². The molecule has 0 aliphatic heterocycles. The zero-order chi connectivity index (χ0) is 15.8. The second-order valence-corrected chi connectivity index (χ2v) is 6.92. The number of hydrogen-bond acceptors (Lipinski definition) is 3. The van der Waals surface area contributed by atoms with Crippen molar-refractivity contribution < 1.29 is 26.3 Å². The molecular weight excluding hydrogens is 295 g/mol. The Bertz CT molecular complexity index is 589. The van der Waals surface area contributed by atoms with Crippen molar-refractivity contribution in [3.8, 4) is 5.75 Å². The summed E-state index contributed by atoms with van der Waals surface area (Å²) >= 11 is 0. The fourth-order valence-corrected chi connectivity index (χ4v) is 2.10. The van der Waals surface area contributed by atoms with Gasteiger partial charge in [0, 0.05) is 5.56 Å². The number of ether oxygens (including phenoxy) is 1. The third-order valence-electron chi connectivity index (χ3n) is 2.48. The van der Waals surface area contributed by atoms with Crippen LogP contribution in [-0.2, 0) is 15.4 Å². The van der Waals surface area contributed by atoms with Crippen LogP contribution in [0.3, 0.4) is 0 Å². The van der Waals surface area contributed by atoms with Gasteiger partial charge in [0.05, 0.1) is 4.90 Å². The van der Waals surface area contributed by atoms with E-state index < -0.39 is 28.2 Å². The first-order chi connectivity index (χ1) is 8.81. The van der Waals surface area contributed by atoms with Crippen molar-refractivity contribution in [1.82, 2.24) is 0 Å². The number of primary sulfonamides is 1. The average molecular weight is 311 g/mol. The molecule has 0 bridgehead atoms. The quantitative estimate of drug-likeness (QED) is 0.932. The molecule has 0 aromatic heterocycles. The third kappa shape index (κ3) is 4.68. The molecule has 2 N–H and O–H groups in total. The molecule has 0 unspecified atom stereocenters. The van der Waals surface area contributed by atoms with Crippen molar-refractivity contribution in [2.24, 2.45) is 5.14 Å². The smallest absolute Gasteiger partial charge is 0.422 e. The highest BCUT2D eigenvalue weighted by atomic mass is 32.2. The van der Waals surface area contributed by atoms with Gasteiger partial charge in [-0.05, 0) is 23.6 Å². The first kappa shape index (κ1) is 16.8. The van der Waals surface area contributed by atoms with E-state index in [2.05, 4.69) is 0 Å². The molecule has 0 aliphatic rings. The van der Waals surface area contributed by atoms with Gasteiger partial charge >= 0.3 is 6.18 Å². The average Bonchev–Trinajstić information content (AvgIpc) is 2.22. The van der Waals surface area contributed by atoms with E-state index in [0.717, 1.165) is 6.07 Å². The van der Waals surface area contributed by atoms with Crippen LogP contribution in [0.15, 0.2) is 23.1 Å². The lowest BCUT2D eigenvalue weighted by molar-refractivity contribution is -0.153. The predicted octanol–water partition coefficient (Wildman–Crippen LogP) is 2.57. The van der Waals surface area contributed by atoms with Gasteiger partial charge in [-0.3, -0.25) is 0 Å².